The van der Waals surface area contributed by atoms with Crippen molar-refractivity contribution in [3.63, 3.8) is 0 Å². The summed E-state index contributed by atoms with van der Waals surface area (Å²) in [6, 6.07) is 8.42. The van der Waals surface area contributed by atoms with Gasteiger partial charge in [-0.1, -0.05) is 24.3 Å². The molecule has 0 N–H and O–H groups in total. The maximum absolute atomic E-state index is 5.81. The van der Waals surface area contributed by atoms with Gasteiger partial charge in [0.1, 0.15) is 4.11 Å². The molecular weight excluding hydrogens is 263 g/mol. The number of ether oxygens (including phenoxy) is 1. The van der Waals surface area contributed by atoms with Crippen LogP contribution in [0.4, 0.5) is 0 Å². The standard InChI is InChI=1S/C10H11IO/c1-10(2)8-6-4-3-5-7(8)9(11)12-10/h3-6,9H,1-2H3. The minimum absolute atomic E-state index is 0.109. The van der Waals surface area contributed by atoms with Crippen LogP contribution in [0, 0.1) is 0 Å². The first-order valence-corrected chi connectivity index (χ1v) is 5.27. The molecule has 0 spiro atoms. The lowest BCUT2D eigenvalue weighted by Crippen LogP contribution is -2.14. The van der Waals surface area contributed by atoms with Gasteiger partial charge in [0.15, 0.2) is 0 Å². The second kappa shape index (κ2) is 2.70. The van der Waals surface area contributed by atoms with E-state index in [1.807, 2.05) is 0 Å². The van der Waals surface area contributed by atoms with Crippen molar-refractivity contribution >= 4 is 22.6 Å². The van der Waals surface area contributed by atoms with Gasteiger partial charge in [-0.3, -0.25) is 0 Å². The van der Waals surface area contributed by atoms with Gasteiger partial charge in [0, 0.05) is 0 Å². The van der Waals surface area contributed by atoms with Gasteiger partial charge >= 0.3 is 0 Å². The lowest BCUT2D eigenvalue weighted by Gasteiger charge is -2.18. The Kier molecular flexibility index (Phi) is 1.92. The number of alkyl halides is 1. The predicted molar refractivity (Wildman–Crippen MR) is 57.3 cm³/mol. The van der Waals surface area contributed by atoms with Crippen LogP contribution >= 0.6 is 22.6 Å². The highest BCUT2D eigenvalue weighted by molar-refractivity contribution is 14.1. The van der Waals surface area contributed by atoms with E-state index in [2.05, 4.69) is 60.7 Å². The van der Waals surface area contributed by atoms with Crippen molar-refractivity contribution in [2.24, 2.45) is 0 Å². The van der Waals surface area contributed by atoms with E-state index in [1.165, 1.54) is 11.1 Å². The van der Waals surface area contributed by atoms with Crippen LogP contribution in [0.5, 0.6) is 0 Å². The number of hydrogen-bond donors (Lipinski definition) is 0. The van der Waals surface area contributed by atoms with Crippen LogP contribution in [0.15, 0.2) is 24.3 Å². The van der Waals surface area contributed by atoms with Crippen LogP contribution < -0.4 is 0 Å². The first kappa shape index (κ1) is 8.51. The Hall–Kier alpha value is -0.0900. The van der Waals surface area contributed by atoms with Crippen molar-refractivity contribution in [1.82, 2.24) is 0 Å². The average molecular weight is 274 g/mol. The molecule has 12 heavy (non-hydrogen) atoms. The minimum atomic E-state index is -0.109. The summed E-state index contributed by atoms with van der Waals surface area (Å²) in [6.07, 6.45) is 0. The Morgan fingerprint density at radius 2 is 2.00 bits per heavy atom. The number of rotatable bonds is 0. The van der Waals surface area contributed by atoms with E-state index in [0.29, 0.717) is 0 Å². The van der Waals surface area contributed by atoms with Crippen molar-refractivity contribution in [2.45, 2.75) is 23.6 Å². The third kappa shape index (κ3) is 1.17. The molecule has 0 fully saturated rings. The van der Waals surface area contributed by atoms with Crippen LogP contribution in [0.3, 0.4) is 0 Å². The van der Waals surface area contributed by atoms with Crippen LogP contribution in [0.1, 0.15) is 29.1 Å². The Morgan fingerprint density at radius 1 is 1.33 bits per heavy atom. The molecule has 0 aromatic heterocycles. The molecule has 0 aliphatic carbocycles. The highest BCUT2D eigenvalue weighted by atomic mass is 127. The zero-order valence-electron chi connectivity index (χ0n) is 7.17. The first-order chi connectivity index (χ1) is 5.61. The number of hydrogen-bond acceptors (Lipinski definition) is 1. The topological polar surface area (TPSA) is 9.23 Å². The number of fused-ring (bicyclic) bond motifs is 1. The molecule has 1 aromatic carbocycles. The smallest absolute Gasteiger partial charge is 0.135 e. The molecule has 1 aromatic rings. The molecule has 64 valence electrons. The predicted octanol–water partition coefficient (Wildman–Crippen LogP) is 3.39. The fourth-order valence-corrected chi connectivity index (χ4v) is 2.81. The summed E-state index contributed by atoms with van der Waals surface area (Å²) in [5, 5.41) is 0. The summed E-state index contributed by atoms with van der Waals surface area (Å²) in [7, 11) is 0. The molecule has 1 nitrogen and oxygen atoms in total. The highest BCUT2D eigenvalue weighted by Gasteiger charge is 2.35. The minimum Gasteiger partial charge on any atom is -0.353 e. The molecule has 1 aliphatic rings. The molecular formula is C10H11IO. The van der Waals surface area contributed by atoms with Gasteiger partial charge in [0.2, 0.25) is 0 Å². The maximum atomic E-state index is 5.81. The van der Waals surface area contributed by atoms with Gasteiger partial charge in [-0.15, -0.1) is 0 Å². The third-order valence-corrected chi connectivity index (χ3v) is 3.18. The van der Waals surface area contributed by atoms with Crippen molar-refractivity contribution in [1.29, 1.82) is 0 Å². The van der Waals surface area contributed by atoms with Crippen molar-refractivity contribution < 1.29 is 4.74 Å². The number of benzene rings is 1. The molecule has 0 amide bonds. The fraction of sp³-hybridized carbons (Fsp3) is 0.400. The van der Waals surface area contributed by atoms with E-state index in [1.54, 1.807) is 0 Å². The largest absolute Gasteiger partial charge is 0.353 e. The summed E-state index contributed by atoms with van der Waals surface area (Å²) in [4.78, 5) is 0. The monoisotopic (exact) mass is 274 g/mol. The summed E-state index contributed by atoms with van der Waals surface area (Å²) in [6.45, 7) is 4.23. The summed E-state index contributed by atoms with van der Waals surface area (Å²) >= 11 is 2.33. The molecule has 2 heteroatoms. The van der Waals surface area contributed by atoms with Crippen molar-refractivity contribution in [3.05, 3.63) is 35.4 Å². The molecule has 1 aliphatic heterocycles. The van der Waals surface area contributed by atoms with Gasteiger partial charge in [0.25, 0.3) is 0 Å². The van der Waals surface area contributed by atoms with Gasteiger partial charge in [-0.25, -0.2) is 0 Å². The van der Waals surface area contributed by atoms with E-state index in [0.717, 1.165) is 0 Å². The molecule has 1 atom stereocenters. The summed E-state index contributed by atoms with van der Waals surface area (Å²) in [5.74, 6) is 0. The van der Waals surface area contributed by atoms with Gasteiger partial charge in [-0.05, 0) is 47.6 Å². The molecule has 0 saturated carbocycles. The quantitative estimate of drug-likeness (QED) is 0.520. The summed E-state index contributed by atoms with van der Waals surface area (Å²) < 4.78 is 6.02. The summed E-state index contributed by atoms with van der Waals surface area (Å²) in [5.41, 5.74) is 2.54. The third-order valence-electron chi connectivity index (χ3n) is 2.25. The van der Waals surface area contributed by atoms with Gasteiger partial charge in [-0.2, -0.15) is 0 Å². The van der Waals surface area contributed by atoms with E-state index in [4.69, 9.17) is 4.74 Å². The van der Waals surface area contributed by atoms with E-state index >= 15 is 0 Å². The molecule has 1 unspecified atom stereocenters. The van der Waals surface area contributed by atoms with Gasteiger partial charge < -0.3 is 4.74 Å². The molecule has 0 bridgehead atoms. The second-order valence-corrected chi connectivity index (χ2v) is 4.66. The molecule has 2 rings (SSSR count). The van der Waals surface area contributed by atoms with Crippen LogP contribution in [-0.4, -0.2) is 0 Å². The van der Waals surface area contributed by atoms with E-state index in [-0.39, 0.29) is 9.71 Å². The van der Waals surface area contributed by atoms with Crippen LogP contribution in [-0.2, 0) is 10.3 Å². The van der Waals surface area contributed by atoms with Crippen molar-refractivity contribution in [2.75, 3.05) is 0 Å². The van der Waals surface area contributed by atoms with Crippen molar-refractivity contribution in [3.8, 4) is 0 Å². The fourth-order valence-electron chi connectivity index (χ4n) is 1.63. The zero-order valence-corrected chi connectivity index (χ0v) is 9.33. The van der Waals surface area contributed by atoms with Gasteiger partial charge in [0.05, 0.1) is 5.60 Å². The lowest BCUT2D eigenvalue weighted by molar-refractivity contribution is -0.00548. The Balaban J connectivity index is 2.58. The first-order valence-electron chi connectivity index (χ1n) is 4.02. The Morgan fingerprint density at radius 3 is 2.67 bits per heavy atom. The van der Waals surface area contributed by atoms with E-state index in [9.17, 15) is 0 Å². The van der Waals surface area contributed by atoms with E-state index < -0.39 is 0 Å². The second-order valence-electron chi connectivity index (χ2n) is 3.53. The Labute approximate surface area is 86.3 Å². The molecule has 1 heterocycles. The number of halogens is 1. The van der Waals surface area contributed by atoms with Crippen LogP contribution in [0.2, 0.25) is 0 Å². The average Bonchev–Trinajstić information content (AvgIpc) is 2.25. The lowest BCUT2D eigenvalue weighted by atomic mass is 9.97. The maximum Gasteiger partial charge on any atom is 0.135 e. The molecule has 0 saturated heterocycles. The van der Waals surface area contributed by atoms with Crippen LogP contribution in [0.25, 0.3) is 0 Å². The SMILES string of the molecule is CC1(C)OC(I)c2ccccc21. The Bertz CT molecular complexity index is 306. The normalized spacial score (nSPS) is 25.4. The molecule has 0 radical (unpaired) electrons. The highest BCUT2D eigenvalue weighted by Crippen LogP contribution is 2.45. The zero-order chi connectivity index (χ0) is 8.77.